The Bertz CT molecular complexity index is 662. The largest absolute Gasteiger partial charge is 0.399 e. The van der Waals surface area contributed by atoms with Crippen molar-refractivity contribution < 1.29 is 9.00 Å². The molecule has 21 heavy (non-hydrogen) atoms. The summed E-state index contributed by atoms with van der Waals surface area (Å²) in [5.74, 6) is -0.415. The van der Waals surface area contributed by atoms with Crippen LogP contribution in [0.3, 0.4) is 0 Å². The molecule has 2 aromatic rings. The van der Waals surface area contributed by atoms with Crippen LogP contribution < -0.4 is 11.1 Å². The van der Waals surface area contributed by atoms with Gasteiger partial charge in [-0.25, -0.2) is 0 Å². The van der Waals surface area contributed by atoms with Crippen LogP contribution in [0.4, 0.5) is 5.69 Å². The van der Waals surface area contributed by atoms with Gasteiger partial charge in [-0.15, -0.1) is 0 Å². The molecule has 3 N–H and O–H groups in total. The zero-order valence-electron chi connectivity index (χ0n) is 11.2. The highest BCUT2D eigenvalue weighted by Crippen LogP contribution is 2.22. The third-order valence-electron chi connectivity index (χ3n) is 2.80. The molecule has 0 spiro atoms. The second-order valence-electron chi connectivity index (χ2n) is 4.44. The molecule has 0 aromatic heterocycles. The third kappa shape index (κ3) is 4.58. The molecule has 4 nitrogen and oxygen atoms in total. The summed E-state index contributed by atoms with van der Waals surface area (Å²) in [4.78, 5) is 12.2. The second kappa shape index (κ2) is 7.24. The van der Waals surface area contributed by atoms with Crippen molar-refractivity contribution in [2.45, 2.75) is 11.4 Å². The molecule has 1 amide bonds. The molecular weight excluding hydrogens is 308 g/mol. The van der Waals surface area contributed by atoms with Crippen molar-refractivity contribution in [2.24, 2.45) is 0 Å². The Hall–Kier alpha value is -1.85. The maximum absolute atomic E-state index is 12.1. The van der Waals surface area contributed by atoms with Crippen LogP contribution in [-0.2, 0) is 22.1 Å². The van der Waals surface area contributed by atoms with Crippen LogP contribution in [0.1, 0.15) is 5.56 Å². The van der Waals surface area contributed by atoms with Gasteiger partial charge < -0.3 is 11.1 Å². The minimum atomic E-state index is -1.49. The van der Waals surface area contributed by atoms with Crippen molar-refractivity contribution in [3.05, 3.63) is 59.1 Å². The van der Waals surface area contributed by atoms with E-state index in [0.29, 0.717) is 22.2 Å². The molecule has 0 bridgehead atoms. The normalized spacial score (nSPS) is 11.9. The van der Waals surface area contributed by atoms with Crippen LogP contribution in [0, 0.1) is 0 Å². The average molecular weight is 323 g/mol. The molecule has 0 saturated carbocycles. The lowest BCUT2D eigenvalue weighted by Gasteiger charge is -2.07. The molecule has 0 fully saturated rings. The highest BCUT2D eigenvalue weighted by atomic mass is 35.5. The first-order valence-corrected chi connectivity index (χ1v) is 8.00. The Balaban J connectivity index is 1.91. The number of carbonyl (C=O) groups excluding carboxylic acids is 1. The minimum Gasteiger partial charge on any atom is -0.399 e. The van der Waals surface area contributed by atoms with E-state index in [9.17, 15) is 9.00 Å². The minimum absolute atomic E-state index is 0.129. The first-order chi connectivity index (χ1) is 10.1. The van der Waals surface area contributed by atoms with Gasteiger partial charge in [0.1, 0.15) is 5.75 Å². The number of nitrogens with one attached hydrogen (secondary N) is 1. The Kier molecular flexibility index (Phi) is 5.36. The summed E-state index contributed by atoms with van der Waals surface area (Å²) in [5.41, 5.74) is 7.06. The maximum atomic E-state index is 12.1. The Labute approximate surface area is 130 Å². The van der Waals surface area contributed by atoms with Gasteiger partial charge in [-0.2, -0.15) is 0 Å². The van der Waals surface area contributed by atoms with Crippen molar-refractivity contribution in [3.63, 3.8) is 0 Å². The molecule has 2 rings (SSSR count). The Morgan fingerprint density at radius 1 is 1.19 bits per heavy atom. The molecule has 0 aliphatic carbocycles. The number of nitrogen functional groups attached to an aromatic ring is 1. The van der Waals surface area contributed by atoms with Gasteiger partial charge in [0.05, 0.1) is 20.7 Å². The maximum Gasteiger partial charge on any atom is 0.233 e. The van der Waals surface area contributed by atoms with E-state index in [2.05, 4.69) is 5.32 Å². The summed E-state index contributed by atoms with van der Waals surface area (Å²) in [6.45, 7) is 0.409. The summed E-state index contributed by atoms with van der Waals surface area (Å²) < 4.78 is 12.1. The van der Waals surface area contributed by atoms with Crippen molar-refractivity contribution in [3.8, 4) is 0 Å². The van der Waals surface area contributed by atoms with Gasteiger partial charge in [0, 0.05) is 12.2 Å². The number of rotatable bonds is 5. The summed E-state index contributed by atoms with van der Waals surface area (Å²) in [6.07, 6.45) is 0. The van der Waals surface area contributed by atoms with E-state index >= 15 is 0 Å². The number of carbonyl (C=O) groups is 1. The standard InChI is InChI=1S/C15H15ClN2O2S/c16-13-8-12(17)6-7-14(13)21(20)10-15(19)18-9-11-4-2-1-3-5-11/h1-8H,9-10,17H2,(H,18,19). The van der Waals surface area contributed by atoms with E-state index in [1.807, 2.05) is 30.3 Å². The van der Waals surface area contributed by atoms with Crippen LogP contribution >= 0.6 is 11.6 Å². The molecule has 110 valence electrons. The Morgan fingerprint density at radius 3 is 2.57 bits per heavy atom. The number of anilines is 1. The van der Waals surface area contributed by atoms with Crippen molar-refractivity contribution in [1.29, 1.82) is 0 Å². The molecule has 0 radical (unpaired) electrons. The predicted octanol–water partition coefficient (Wildman–Crippen LogP) is 2.35. The van der Waals surface area contributed by atoms with Crippen LogP contribution in [0.2, 0.25) is 5.02 Å². The molecule has 1 atom stereocenters. The fourth-order valence-electron chi connectivity index (χ4n) is 1.75. The average Bonchev–Trinajstić information content (AvgIpc) is 2.46. The number of hydrogen-bond acceptors (Lipinski definition) is 3. The molecule has 1 unspecified atom stereocenters. The smallest absolute Gasteiger partial charge is 0.233 e. The zero-order chi connectivity index (χ0) is 15.2. The lowest BCUT2D eigenvalue weighted by Crippen LogP contribution is -2.27. The quantitative estimate of drug-likeness (QED) is 0.830. The molecular formula is C15H15ClN2O2S. The lowest BCUT2D eigenvalue weighted by molar-refractivity contribution is -0.118. The molecule has 0 aliphatic rings. The summed E-state index contributed by atoms with van der Waals surface area (Å²) >= 11 is 5.98. The second-order valence-corrected chi connectivity index (χ2v) is 6.27. The van der Waals surface area contributed by atoms with Crippen LogP contribution in [0.5, 0.6) is 0 Å². The van der Waals surface area contributed by atoms with Gasteiger partial charge in [-0.05, 0) is 23.8 Å². The van der Waals surface area contributed by atoms with Crippen LogP contribution in [0.15, 0.2) is 53.4 Å². The molecule has 0 saturated heterocycles. The van der Waals surface area contributed by atoms with Crippen LogP contribution in [0.25, 0.3) is 0 Å². The van der Waals surface area contributed by atoms with Crippen LogP contribution in [-0.4, -0.2) is 15.9 Å². The van der Waals surface area contributed by atoms with E-state index in [-0.39, 0.29) is 11.7 Å². The highest BCUT2D eigenvalue weighted by Gasteiger charge is 2.13. The first-order valence-electron chi connectivity index (χ1n) is 6.30. The van der Waals surface area contributed by atoms with Gasteiger partial charge >= 0.3 is 0 Å². The topological polar surface area (TPSA) is 72.2 Å². The van der Waals surface area contributed by atoms with E-state index < -0.39 is 10.8 Å². The highest BCUT2D eigenvalue weighted by molar-refractivity contribution is 7.85. The monoisotopic (exact) mass is 322 g/mol. The van der Waals surface area contributed by atoms with Crippen molar-refractivity contribution in [2.75, 3.05) is 11.5 Å². The summed E-state index contributed by atoms with van der Waals surface area (Å²) in [5, 5.41) is 3.04. The van der Waals surface area contributed by atoms with Gasteiger partial charge in [-0.3, -0.25) is 9.00 Å². The van der Waals surface area contributed by atoms with E-state index in [4.69, 9.17) is 17.3 Å². The predicted molar refractivity (Wildman–Crippen MR) is 85.4 cm³/mol. The molecule has 2 aromatic carbocycles. The number of hydrogen-bond donors (Lipinski definition) is 2. The van der Waals surface area contributed by atoms with Gasteiger partial charge in [0.15, 0.2) is 0 Å². The molecule has 6 heteroatoms. The van der Waals surface area contributed by atoms with Gasteiger partial charge in [0.2, 0.25) is 5.91 Å². The fourth-order valence-corrected chi connectivity index (χ4v) is 3.19. The molecule has 0 aliphatic heterocycles. The summed E-state index contributed by atoms with van der Waals surface area (Å²) in [7, 11) is -1.49. The SMILES string of the molecule is Nc1ccc(S(=O)CC(=O)NCc2ccccc2)c(Cl)c1. The van der Waals surface area contributed by atoms with Crippen molar-refractivity contribution in [1.82, 2.24) is 5.32 Å². The van der Waals surface area contributed by atoms with Crippen molar-refractivity contribution >= 4 is 34.0 Å². The zero-order valence-corrected chi connectivity index (χ0v) is 12.8. The fraction of sp³-hybridized carbons (Fsp3) is 0.133. The van der Waals surface area contributed by atoms with E-state index in [1.165, 1.54) is 6.07 Å². The summed E-state index contributed by atoms with van der Waals surface area (Å²) in [6, 6.07) is 14.2. The molecule has 0 heterocycles. The van der Waals surface area contributed by atoms with E-state index in [0.717, 1.165) is 5.56 Å². The lowest BCUT2D eigenvalue weighted by atomic mass is 10.2. The number of nitrogens with two attached hydrogens (primary N) is 1. The first kappa shape index (κ1) is 15.5. The number of amides is 1. The Morgan fingerprint density at radius 2 is 1.90 bits per heavy atom. The number of benzene rings is 2. The van der Waals surface area contributed by atoms with E-state index in [1.54, 1.807) is 12.1 Å². The number of halogens is 1. The third-order valence-corrected chi connectivity index (χ3v) is 4.59. The van der Waals surface area contributed by atoms with Gasteiger partial charge in [0.25, 0.3) is 0 Å². The van der Waals surface area contributed by atoms with Gasteiger partial charge in [-0.1, -0.05) is 41.9 Å².